The molecule has 22 heavy (non-hydrogen) atoms. The van der Waals surface area contributed by atoms with Crippen LogP contribution in [0.1, 0.15) is 36.0 Å². The summed E-state index contributed by atoms with van der Waals surface area (Å²) in [6, 6.07) is 7.95. The highest BCUT2D eigenvalue weighted by Gasteiger charge is 2.54. The quantitative estimate of drug-likeness (QED) is 0.924. The van der Waals surface area contributed by atoms with Crippen LogP contribution in [0, 0.1) is 5.92 Å². The van der Waals surface area contributed by atoms with Crippen LogP contribution in [0.25, 0.3) is 10.1 Å². The first-order chi connectivity index (χ1) is 10.6. The summed E-state index contributed by atoms with van der Waals surface area (Å²) in [5.74, 6) is -0.955. The van der Waals surface area contributed by atoms with Crippen molar-refractivity contribution in [3.8, 4) is 0 Å². The highest BCUT2D eigenvalue weighted by Crippen LogP contribution is 2.50. The maximum absolute atomic E-state index is 13.0. The minimum Gasteiger partial charge on any atom is -0.481 e. The minimum absolute atomic E-state index is 0.0683. The molecule has 1 spiro atoms. The third kappa shape index (κ3) is 2.03. The molecule has 2 aromatic rings. The van der Waals surface area contributed by atoms with Crippen molar-refractivity contribution in [2.24, 2.45) is 5.92 Å². The molecule has 4 rings (SSSR count). The molecule has 2 fully saturated rings. The van der Waals surface area contributed by atoms with Gasteiger partial charge in [0, 0.05) is 27.5 Å². The van der Waals surface area contributed by atoms with E-state index in [-0.39, 0.29) is 17.4 Å². The Bertz CT molecular complexity index is 762. The van der Waals surface area contributed by atoms with E-state index < -0.39 is 5.97 Å². The van der Waals surface area contributed by atoms with Gasteiger partial charge in [0.1, 0.15) is 0 Å². The Morgan fingerprint density at radius 1 is 1.27 bits per heavy atom. The van der Waals surface area contributed by atoms with Crippen LogP contribution >= 0.6 is 11.3 Å². The number of likely N-dealkylation sites (tertiary alicyclic amines) is 1. The molecule has 2 aliphatic rings. The Kier molecular flexibility index (Phi) is 3.01. The Labute approximate surface area is 132 Å². The fourth-order valence-corrected chi connectivity index (χ4v) is 4.56. The average molecular weight is 315 g/mol. The Hall–Kier alpha value is -1.88. The maximum Gasteiger partial charge on any atom is 0.306 e. The van der Waals surface area contributed by atoms with E-state index in [9.17, 15) is 14.7 Å². The first kappa shape index (κ1) is 13.8. The summed E-state index contributed by atoms with van der Waals surface area (Å²) in [6.45, 7) is 0.556. The number of rotatable bonds is 2. The Morgan fingerprint density at radius 2 is 2.05 bits per heavy atom. The van der Waals surface area contributed by atoms with E-state index in [4.69, 9.17) is 0 Å². The number of thiophene rings is 1. The third-order valence-electron chi connectivity index (χ3n) is 5.03. The third-order valence-corrected chi connectivity index (χ3v) is 6.00. The van der Waals surface area contributed by atoms with Crippen molar-refractivity contribution in [1.82, 2.24) is 4.90 Å². The van der Waals surface area contributed by atoms with Gasteiger partial charge in [-0.3, -0.25) is 9.59 Å². The number of piperidine rings is 1. The molecule has 1 amide bonds. The zero-order chi connectivity index (χ0) is 15.3. The van der Waals surface area contributed by atoms with E-state index in [2.05, 4.69) is 0 Å². The van der Waals surface area contributed by atoms with E-state index in [1.54, 1.807) is 11.3 Å². The summed E-state index contributed by atoms with van der Waals surface area (Å²) in [5.41, 5.74) is 0.571. The van der Waals surface area contributed by atoms with Crippen LogP contribution in [0.3, 0.4) is 0 Å². The van der Waals surface area contributed by atoms with Gasteiger partial charge in [-0.25, -0.2) is 0 Å². The molecule has 0 bridgehead atoms. The lowest BCUT2D eigenvalue weighted by Gasteiger charge is -2.39. The van der Waals surface area contributed by atoms with Gasteiger partial charge in [0.2, 0.25) is 0 Å². The Morgan fingerprint density at radius 3 is 2.77 bits per heavy atom. The predicted octanol–water partition coefficient (Wildman–Crippen LogP) is 3.37. The lowest BCUT2D eigenvalue weighted by Crippen LogP contribution is -2.49. The van der Waals surface area contributed by atoms with Gasteiger partial charge in [0.15, 0.2) is 0 Å². The molecule has 1 unspecified atom stereocenters. The van der Waals surface area contributed by atoms with Crippen molar-refractivity contribution >= 4 is 33.3 Å². The molecular formula is C17H17NO3S. The SMILES string of the molecule is O=C(O)C1CCN(C(=O)c2csc3ccccc23)C2(CC2)C1. The number of aliphatic carboxylic acids is 1. The number of hydrogen-bond donors (Lipinski definition) is 1. The molecule has 1 saturated carbocycles. The minimum atomic E-state index is -0.723. The molecule has 1 aliphatic heterocycles. The fraction of sp³-hybridized carbons (Fsp3) is 0.412. The average Bonchev–Trinajstić information content (AvgIpc) is 3.14. The molecular weight excluding hydrogens is 298 g/mol. The summed E-state index contributed by atoms with van der Waals surface area (Å²) in [5, 5.41) is 12.2. The number of nitrogens with zero attached hydrogens (tertiary/aromatic N) is 1. The van der Waals surface area contributed by atoms with Crippen molar-refractivity contribution < 1.29 is 14.7 Å². The van der Waals surface area contributed by atoms with E-state index in [1.165, 1.54) is 0 Å². The molecule has 1 atom stereocenters. The van der Waals surface area contributed by atoms with Crippen molar-refractivity contribution in [3.63, 3.8) is 0 Å². The van der Waals surface area contributed by atoms with Crippen LogP contribution < -0.4 is 0 Å². The molecule has 1 aromatic carbocycles. The van der Waals surface area contributed by atoms with E-state index in [0.29, 0.717) is 19.4 Å². The largest absolute Gasteiger partial charge is 0.481 e. The van der Waals surface area contributed by atoms with Crippen LogP contribution in [0.4, 0.5) is 0 Å². The summed E-state index contributed by atoms with van der Waals surface area (Å²) >= 11 is 1.59. The van der Waals surface area contributed by atoms with Crippen molar-refractivity contribution in [2.45, 2.75) is 31.2 Å². The fourth-order valence-electron chi connectivity index (χ4n) is 3.63. The smallest absolute Gasteiger partial charge is 0.306 e. The van der Waals surface area contributed by atoms with Gasteiger partial charge in [-0.05, 0) is 31.7 Å². The molecule has 5 heteroatoms. The highest BCUT2D eigenvalue weighted by molar-refractivity contribution is 7.17. The summed E-state index contributed by atoms with van der Waals surface area (Å²) < 4.78 is 1.12. The number of hydrogen-bond acceptors (Lipinski definition) is 3. The molecule has 2 heterocycles. The molecule has 1 saturated heterocycles. The maximum atomic E-state index is 13.0. The summed E-state index contributed by atoms with van der Waals surface area (Å²) in [4.78, 5) is 26.2. The van der Waals surface area contributed by atoms with Crippen LogP contribution in [-0.2, 0) is 4.79 Å². The number of carboxylic acids is 1. The standard InChI is InChI=1S/C17H17NO3S/c19-15(13-10-22-14-4-2-1-3-12(13)14)18-8-5-11(16(20)21)9-17(18)6-7-17/h1-4,10-11H,5-9H2,(H,20,21). The Balaban J connectivity index is 1.65. The number of carboxylic acid groups (broad SMARTS) is 1. The lowest BCUT2D eigenvalue weighted by atomic mass is 9.88. The lowest BCUT2D eigenvalue weighted by molar-refractivity contribution is -0.144. The molecule has 4 nitrogen and oxygen atoms in total. The zero-order valence-corrected chi connectivity index (χ0v) is 12.9. The second kappa shape index (κ2) is 4.81. The highest BCUT2D eigenvalue weighted by atomic mass is 32.1. The summed E-state index contributed by atoms with van der Waals surface area (Å²) in [7, 11) is 0. The van der Waals surface area contributed by atoms with Gasteiger partial charge < -0.3 is 10.0 Å². The topological polar surface area (TPSA) is 57.6 Å². The number of benzene rings is 1. The van der Waals surface area contributed by atoms with Crippen LogP contribution in [-0.4, -0.2) is 34.0 Å². The summed E-state index contributed by atoms with van der Waals surface area (Å²) in [6.07, 6.45) is 3.04. The second-order valence-corrected chi connectivity index (χ2v) is 7.27. The zero-order valence-electron chi connectivity index (χ0n) is 12.1. The van der Waals surface area contributed by atoms with Gasteiger partial charge in [-0.15, -0.1) is 11.3 Å². The first-order valence-corrected chi connectivity index (χ1v) is 8.50. The molecule has 114 valence electrons. The molecule has 1 aliphatic carbocycles. The van der Waals surface area contributed by atoms with Gasteiger partial charge in [0.25, 0.3) is 5.91 Å². The van der Waals surface area contributed by atoms with Crippen LogP contribution in [0.15, 0.2) is 29.6 Å². The van der Waals surface area contributed by atoms with Gasteiger partial charge in [-0.1, -0.05) is 18.2 Å². The monoisotopic (exact) mass is 315 g/mol. The molecule has 1 N–H and O–H groups in total. The number of amides is 1. The molecule has 1 aromatic heterocycles. The number of fused-ring (bicyclic) bond motifs is 1. The normalized spacial score (nSPS) is 22.9. The van der Waals surface area contributed by atoms with Gasteiger partial charge >= 0.3 is 5.97 Å². The van der Waals surface area contributed by atoms with E-state index in [1.807, 2.05) is 34.5 Å². The van der Waals surface area contributed by atoms with Crippen molar-refractivity contribution in [2.75, 3.05) is 6.54 Å². The molecule has 0 radical (unpaired) electrons. The number of carbonyl (C=O) groups excluding carboxylic acids is 1. The predicted molar refractivity (Wildman–Crippen MR) is 85.2 cm³/mol. The van der Waals surface area contributed by atoms with E-state index in [0.717, 1.165) is 28.5 Å². The number of carbonyl (C=O) groups is 2. The van der Waals surface area contributed by atoms with E-state index >= 15 is 0 Å². The first-order valence-electron chi connectivity index (χ1n) is 7.62. The van der Waals surface area contributed by atoms with Gasteiger partial charge in [-0.2, -0.15) is 0 Å². The van der Waals surface area contributed by atoms with Crippen molar-refractivity contribution in [1.29, 1.82) is 0 Å². The van der Waals surface area contributed by atoms with Crippen LogP contribution in [0.2, 0.25) is 0 Å². The van der Waals surface area contributed by atoms with Crippen molar-refractivity contribution in [3.05, 3.63) is 35.2 Å². The second-order valence-electron chi connectivity index (χ2n) is 6.35. The van der Waals surface area contributed by atoms with Crippen LogP contribution in [0.5, 0.6) is 0 Å². The van der Waals surface area contributed by atoms with Gasteiger partial charge in [0.05, 0.1) is 11.5 Å².